The normalized spacial score (nSPS) is 14.0. The maximum atomic E-state index is 10.6. The second-order valence-corrected chi connectivity index (χ2v) is 8.78. The van der Waals surface area contributed by atoms with E-state index in [0.717, 1.165) is 32.7 Å². The molecule has 2 aromatic rings. The van der Waals surface area contributed by atoms with E-state index in [9.17, 15) is 26.3 Å². The van der Waals surface area contributed by atoms with Crippen molar-refractivity contribution in [3.63, 3.8) is 0 Å². The average molecular weight is 533 g/mol. The van der Waals surface area contributed by atoms with E-state index in [1.54, 1.807) is 0 Å². The molecule has 8 nitrogen and oxygen atoms in total. The number of nitrogens with zero attached hydrogens (tertiary/aromatic N) is 4. The molecule has 35 heavy (non-hydrogen) atoms. The third-order valence-electron chi connectivity index (χ3n) is 4.67. The molecule has 0 bridgehead atoms. The lowest BCUT2D eigenvalue weighted by atomic mass is 10.3. The van der Waals surface area contributed by atoms with Gasteiger partial charge in [-0.1, -0.05) is 6.07 Å². The first kappa shape index (κ1) is 30.4. The number of aliphatic carboxylic acids is 2. The topological polar surface area (TPSA) is 98.9 Å². The number of alkyl halides is 6. The van der Waals surface area contributed by atoms with E-state index in [-0.39, 0.29) is 0 Å². The lowest BCUT2D eigenvalue weighted by molar-refractivity contribution is -0.193. The van der Waals surface area contributed by atoms with Gasteiger partial charge in [-0.25, -0.2) is 14.6 Å². The fourth-order valence-electron chi connectivity index (χ4n) is 2.63. The Balaban J connectivity index is 0.000000362. The first-order valence-electron chi connectivity index (χ1n) is 10.1. The van der Waals surface area contributed by atoms with Crippen LogP contribution in [0.5, 0.6) is 0 Å². The minimum absolute atomic E-state index is 0.555. The van der Waals surface area contributed by atoms with Crippen LogP contribution >= 0.6 is 11.3 Å². The molecule has 0 saturated carbocycles. The van der Waals surface area contributed by atoms with Gasteiger partial charge in [-0.2, -0.15) is 26.3 Å². The SMILES string of the molecule is CC(C)N(C)Cc1cn2c(n1)CN(Cc1cccs1)CC2.O=C(O)C(F)(F)F.O=C(O)C(F)(F)F. The lowest BCUT2D eigenvalue weighted by Gasteiger charge is -2.26. The van der Waals surface area contributed by atoms with Crippen LogP contribution in [0.15, 0.2) is 23.7 Å². The van der Waals surface area contributed by atoms with Crippen molar-refractivity contribution in [1.29, 1.82) is 0 Å². The number of aromatic nitrogens is 2. The van der Waals surface area contributed by atoms with Crippen molar-refractivity contribution >= 4 is 23.3 Å². The van der Waals surface area contributed by atoms with E-state index in [1.807, 2.05) is 11.3 Å². The van der Waals surface area contributed by atoms with Crippen molar-refractivity contribution in [1.82, 2.24) is 19.4 Å². The number of imidazole rings is 1. The van der Waals surface area contributed by atoms with Crippen molar-refractivity contribution in [2.45, 2.75) is 58.4 Å². The summed E-state index contributed by atoms with van der Waals surface area (Å²) in [6, 6.07) is 4.90. The van der Waals surface area contributed by atoms with Gasteiger partial charge in [-0.05, 0) is 32.3 Å². The van der Waals surface area contributed by atoms with E-state index < -0.39 is 24.3 Å². The first-order chi connectivity index (χ1) is 16.0. The molecule has 3 heterocycles. The van der Waals surface area contributed by atoms with Gasteiger partial charge in [0.25, 0.3) is 0 Å². The highest BCUT2D eigenvalue weighted by atomic mass is 32.1. The van der Waals surface area contributed by atoms with Crippen LogP contribution in [-0.2, 0) is 35.8 Å². The van der Waals surface area contributed by atoms with E-state index >= 15 is 0 Å². The Morgan fingerprint density at radius 1 is 1.11 bits per heavy atom. The fraction of sp³-hybridized carbons (Fsp3) is 0.550. The summed E-state index contributed by atoms with van der Waals surface area (Å²) in [7, 11) is 2.16. The monoisotopic (exact) mass is 532 g/mol. The van der Waals surface area contributed by atoms with Crippen molar-refractivity contribution < 1.29 is 46.1 Å². The zero-order valence-corrected chi connectivity index (χ0v) is 19.9. The van der Waals surface area contributed by atoms with Crippen molar-refractivity contribution in [3.8, 4) is 0 Å². The van der Waals surface area contributed by atoms with Crippen LogP contribution < -0.4 is 0 Å². The summed E-state index contributed by atoms with van der Waals surface area (Å²) in [6.45, 7) is 9.55. The largest absolute Gasteiger partial charge is 0.490 e. The summed E-state index contributed by atoms with van der Waals surface area (Å²) in [5.41, 5.74) is 1.19. The molecule has 2 N–H and O–H groups in total. The molecular formula is C20H26F6N4O4S. The number of hydrogen-bond donors (Lipinski definition) is 2. The van der Waals surface area contributed by atoms with E-state index in [0.29, 0.717) is 6.04 Å². The zero-order valence-electron chi connectivity index (χ0n) is 19.1. The number of fused-ring (bicyclic) bond motifs is 1. The molecule has 2 aromatic heterocycles. The third-order valence-corrected chi connectivity index (χ3v) is 5.53. The van der Waals surface area contributed by atoms with Gasteiger partial charge < -0.3 is 14.8 Å². The highest BCUT2D eigenvalue weighted by molar-refractivity contribution is 7.09. The fourth-order valence-corrected chi connectivity index (χ4v) is 3.38. The molecule has 0 fully saturated rings. The van der Waals surface area contributed by atoms with Gasteiger partial charge in [0.05, 0.1) is 12.2 Å². The molecular weight excluding hydrogens is 506 g/mol. The Morgan fingerprint density at radius 2 is 1.66 bits per heavy atom. The standard InChI is InChI=1S/C16H24N4S.2C2HF3O2/c1-13(2)18(3)9-14-10-20-7-6-19(12-16(20)17-14)11-15-5-4-8-21-15;2*3-2(4,5)1(6)7/h4-5,8,10,13H,6-7,9,11-12H2,1-3H3;2*(H,6,7). The Kier molecular flexibility index (Phi) is 11.2. The number of carboxylic acids is 2. The Morgan fingerprint density at radius 3 is 2.09 bits per heavy atom. The van der Waals surface area contributed by atoms with Crippen LogP contribution in [0.2, 0.25) is 0 Å². The molecule has 0 aromatic carbocycles. The van der Waals surface area contributed by atoms with Gasteiger partial charge >= 0.3 is 24.3 Å². The molecule has 0 amide bonds. The second kappa shape index (κ2) is 12.9. The van der Waals surface area contributed by atoms with Crippen LogP contribution in [-0.4, -0.2) is 73.5 Å². The number of thiophene rings is 1. The molecule has 0 radical (unpaired) electrons. The Hall–Kier alpha value is -2.65. The summed E-state index contributed by atoms with van der Waals surface area (Å²) >= 11 is 1.84. The summed E-state index contributed by atoms with van der Waals surface area (Å²) < 4.78 is 65.8. The molecule has 0 spiro atoms. The predicted octanol–water partition coefficient (Wildman–Crippen LogP) is 4.07. The van der Waals surface area contributed by atoms with Gasteiger partial charge in [0, 0.05) is 43.3 Å². The predicted molar refractivity (Wildman–Crippen MR) is 115 cm³/mol. The summed E-state index contributed by atoms with van der Waals surface area (Å²) in [6.07, 6.45) is -7.93. The lowest BCUT2D eigenvalue weighted by Crippen LogP contribution is -2.32. The summed E-state index contributed by atoms with van der Waals surface area (Å²) in [5, 5.41) is 16.4. The van der Waals surface area contributed by atoms with Crippen LogP contribution in [0, 0.1) is 0 Å². The van der Waals surface area contributed by atoms with Crippen LogP contribution in [0.3, 0.4) is 0 Å². The third kappa shape index (κ3) is 11.1. The van der Waals surface area contributed by atoms with Crippen molar-refractivity contribution in [2.75, 3.05) is 13.6 Å². The number of hydrogen-bond acceptors (Lipinski definition) is 6. The van der Waals surface area contributed by atoms with Crippen molar-refractivity contribution in [2.24, 2.45) is 0 Å². The molecule has 1 aliphatic rings. The van der Waals surface area contributed by atoms with Gasteiger partial charge in [-0.15, -0.1) is 11.3 Å². The number of carboxylic acid groups (broad SMARTS) is 2. The smallest absolute Gasteiger partial charge is 0.475 e. The zero-order chi connectivity index (χ0) is 27.0. The maximum Gasteiger partial charge on any atom is 0.490 e. The van der Waals surface area contributed by atoms with Gasteiger partial charge in [0.1, 0.15) is 5.82 Å². The minimum atomic E-state index is -5.08. The molecule has 198 valence electrons. The van der Waals surface area contributed by atoms with Crippen LogP contribution in [0.4, 0.5) is 26.3 Å². The van der Waals surface area contributed by atoms with Crippen LogP contribution in [0.25, 0.3) is 0 Å². The molecule has 15 heteroatoms. The molecule has 0 aliphatic carbocycles. The number of halogens is 6. The number of rotatable bonds is 5. The summed E-state index contributed by atoms with van der Waals surface area (Å²) in [5.74, 6) is -4.30. The summed E-state index contributed by atoms with van der Waals surface area (Å²) in [4.78, 5) is 28.9. The molecule has 1 aliphatic heterocycles. The average Bonchev–Trinajstić information content (AvgIpc) is 3.36. The first-order valence-corrected chi connectivity index (χ1v) is 11.0. The number of carbonyl (C=O) groups is 2. The van der Waals surface area contributed by atoms with Crippen molar-refractivity contribution in [3.05, 3.63) is 40.1 Å². The van der Waals surface area contributed by atoms with Gasteiger partial charge in [-0.3, -0.25) is 9.80 Å². The van der Waals surface area contributed by atoms with E-state index in [4.69, 9.17) is 24.8 Å². The van der Waals surface area contributed by atoms with E-state index in [2.05, 4.69) is 59.0 Å². The molecule has 0 atom stereocenters. The maximum absolute atomic E-state index is 10.6. The van der Waals surface area contributed by atoms with E-state index in [1.165, 1.54) is 16.4 Å². The second-order valence-electron chi connectivity index (χ2n) is 7.75. The highest BCUT2D eigenvalue weighted by Crippen LogP contribution is 2.19. The Labute approximate surface area is 201 Å². The van der Waals surface area contributed by atoms with Crippen LogP contribution in [0.1, 0.15) is 30.2 Å². The molecule has 3 rings (SSSR count). The van der Waals surface area contributed by atoms with Gasteiger partial charge in [0.2, 0.25) is 0 Å². The van der Waals surface area contributed by atoms with Gasteiger partial charge in [0.15, 0.2) is 0 Å². The molecule has 0 unspecified atom stereocenters. The highest BCUT2D eigenvalue weighted by Gasteiger charge is 2.38. The minimum Gasteiger partial charge on any atom is -0.475 e. The quantitative estimate of drug-likeness (QED) is 0.561. The molecule has 0 saturated heterocycles. The Bertz CT molecular complexity index is 921.